The van der Waals surface area contributed by atoms with Crippen LogP contribution in [0.3, 0.4) is 0 Å². The maximum atomic E-state index is 6.12. The van der Waals surface area contributed by atoms with Crippen molar-refractivity contribution in [1.82, 2.24) is 5.32 Å². The maximum absolute atomic E-state index is 6.12. The van der Waals surface area contributed by atoms with Crippen molar-refractivity contribution in [3.63, 3.8) is 0 Å². The van der Waals surface area contributed by atoms with E-state index in [1.165, 1.54) is 17.7 Å². The van der Waals surface area contributed by atoms with E-state index in [1.807, 2.05) is 12.1 Å². The number of halogens is 1. The highest BCUT2D eigenvalue weighted by Crippen LogP contribution is 2.24. The summed E-state index contributed by atoms with van der Waals surface area (Å²) in [5, 5.41) is 4.17. The molecule has 114 valence electrons. The van der Waals surface area contributed by atoms with E-state index in [0.717, 1.165) is 31.3 Å². The summed E-state index contributed by atoms with van der Waals surface area (Å²) in [6.07, 6.45) is 1.19. The van der Waals surface area contributed by atoms with Crippen LogP contribution < -0.4 is 10.2 Å². The second-order valence-electron chi connectivity index (χ2n) is 5.34. The summed E-state index contributed by atoms with van der Waals surface area (Å²) in [7, 11) is 3.86. The summed E-state index contributed by atoms with van der Waals surface area (Å²) in [5.74, 6) is 0.685. The largest absolute Gasteiger partial charge is 0.383 e. The fraction of sp³-hybridized carbons (Fsp3) is 0.625. The molecule has 0 fully saturated rings. The first kappa shape index (κ1) is 17.3. The molecule has 4 heteroatoms. The average molecular weight is 299 g/mol. The number of methoxy groups -OCH3 is 1. The van der Waals surface area contributed by atoms with Gasteiger partial charge in [-0.25, -0.2) is 0 Å². The van der Waals surface area contributed by atoms with Crippen LogP contribution in [0.1, 0.15) is 25.8 Å². The Labute approximate surface area is 128 Å². The second-order valence-corrected chi connectivity index (χ2v) is 5.77. The molecular weight excluding hydrogens is 272 g/mol. The van der Waals surface area contributed by atoms with E-state index in [0.29, 0.717) is 5.92 Å². The third-order valence-corrected chi connectivity index (χ3v) is 3.77. The number of hydrogen-bond donors (Lipinski definition) is 1. The highest BCUT2D eigenvalue weighted by molar-refractivity contribution is 6.30. The van der Waals surface area contributed by atoms with Gasteiger partial charge in [-0.15, -0.1) is 0 Å². The van der Waals surface area contributed by atoms with Crippen molar-refractivity contribution in [3.05, 3.63) is 28.8 Å². The molecule has 1 atom stereocenters. The van der Waals surface area contributed by atoms with Crippen LogP contribution in [-0.4, -0.2) is 33.9 Å². The Bertz CT molecular complexity index is 398. The van der Waals surface area contributed by atoms with Gasteiger partial charge in [0.25, 0.3) is 0 Å². The van der Waals surface area contributed by atoms with Crippen LogP contribution in [0.2, 0.25) is 5.02 Å². The molecule has 3 nitrogen and oxygen atoms in total. The Morgan fingerprint density at radius 2 is 2.15 bits per heavy atom. The third-order valence-electron chi connectivity index (χ3n) is 3.53. The van der Waals surface area contributed by atoms with Crippen LogP contribution in [0.15, 0.2) is 18.2 Å². The van der Waals surface area contributed by atoms with Crippen molar-refractivity contribution in [2.75, 3.05) is 38.8 Å². The van der Waals surface area contributed by atoms with Crippen LogP contribution in [0.4, 0.5) is 5.69 Å². The molecule has 0 saturated carbocycles. The van der Waals surface area contributed by atoms with Gasteiger partial charge >= 0.3 is 0 Å². The first-order valence-electron chi connectivity index (χ1n) is 7.27. The Morgan fingerprint density at radius 3 is 2.80 bits per heavy atom. The van der Waals surface area contributed by atoms with Crippen molar-refractivity contribution < 1.29 is 4.74 Å². The van der Waals surface area contributed by atoms with Gasteiger partial charge in [-0.1, -0.05) is 31.9 Å². The van der Waals surface area contributed by atoms with Gasteiger partial charge in [-0.05, 0) is 29.7 Å². The molecule has 0 spiro atoms. The Morgan fingerprint density at radius 1 is 1.40 bits per heavy atom. The zero-order chi connectivity index (χ0) is 15.0. The number of nitrogens with zero attached hydrogens (tertiary/aromatic N) is 1. The molecule has 0 bridgehead atoms. The molecule has 1 unspecified atom stereocenters. The quantitative estimate of drug-likeness (QED) is 0.706. The molecule has 0 aliphatic carbocycles. The fourth-order valence-electron chi connectivity index (χ4n) is 2.16. The van der Waals surface area contributed by atoms with Gasteiger partial charge in [0.2, 0.25) is 0 Å². The van der Waals surface area contributed by atoms with E-state index in [1.54, 1.807) is 7.11 Å². The standard InChI is InChI=1S/C16H27ClN2O/c1-5-13(2)12-19(3)16-7-6-15(17)10-14(16)11-18-8-9-20-4/h6-7,10,13,18H,5,8-9,11-12H2,1-4H3. The summed E-state index contributed by atoms with van der Waals surface area (Å²) >= 11 is 6.12. The van der Waals surface area contributed by atoms with Crippen molar-refractivity contribution in [3.8, 4) is 0 Å². The highest BCUT2D eigenvalue weighted by atomic mass is 35.5. The molecule has 1 N–H and O–H groups in total. The van der Waals surface area contributed by atoms with Crippen LogP contribution in [0.5, 0.6) is 0 Å². The van der Waals surface area contributed by atoms with E-state index < -0.39 is 0 Å². The molecule has 0 amide bonds. The SMILES string of the molecule is CCC(C)CN(C)c1ccc(Cl)cc1CNCCOC. The minimum Gasteiger partial charge on any atom is -0.383 e. The van der Waals surface area contributed by atoms with Gasteiger partial charge in [-0.2, -0.15) is 0 Å². The first-order chi connectivity index (χ1) is 9.58. The normalized spacial score (nSPS) is 12.4. The van der Waals surface area contributed by atoms with Crippen molar-refractivity contribution in [2.45, 2.75) is 26.8 Å². The van der Waals surface area contributed by atoms with Crippen LogP contribution in [0, 0.1) is 5.92 Å². The van der Waals surface area contributed by atoms with E-state index >= 15 is 0 Å². The van der Waals surface area contributed by atoms with Crippen molar-refractivity contribution in [1.29, 1.82) is 0 Å². The topological polar surface area (TPSA) is 24.5 Å². The molecule has 1 rings (SSSR count). The molecule has 1 aromatic rings. The molecule has 1 aromatic carbocycles. The summed E-state index contributed by atoms with van der Waals surface area (Å²) in [6.45, 7) is 7.94. The Kier molecular flexibility index (Phi) is 7.97. The van der Waals surface area contributed by atoms with Crippen molar-refractivity contribution in [2.24, 2.45) is 5.92 Å². The number of ether oxygens (including phenoxy) is 1. The second kappa shape index (κ2) is 9.22. The van der Waals surface area contributed by atoms with Crippen LogP contribution in [-0.2, 0) is 11.3 Å². The third kappa shape index (κ3) is 5.70. The molecule has 0 aliphatic rings. The smallest absolute Gasteiger partial charge is 0.0587 e. The van der Waals surface area contributed by atoms with E-state index in [2.05, 4.69) is 37.2 Å². The Balaban J connectivity index is 2.73. The van der Waals surface area contributed by atoms with Gasteiger partial charge in [0.05, 0.1) is 6.61 Å². The minimum atomic E-state index is 0.685. The molecular formula is C16H27ClN2O. The lowest BCUT2D eigenvalue weighted by Gasteiger charge is -2.25. The summed E-state index contributed by atoms with van der Waals surface area (Å²) in [6, 6.07) is 6.12. The number of benzene rings is 1. The number of hydrogen-bond acceptors (Lipinski definition) is 3. The number of nitrogens with one attached hydrogen (secondary N) is 1. The molecule has 0 heterocycles. The molecule has 0 radical (unpaired) electrons. The summed E-state index contributed by atoms with van der Waals surface area (Å²) < 4.78 is 5.05. The zero-order valence-electron chi connectivity index (χ0n) is 13.1. The predicted molar refractivity (Wildman–Crippen MR) is 87.8 cm³/mol. The predicted octanol–water partition coefficient (Wildman–Crippen LogP) is 3.56. The fourth-order valence-corrected chi connectivity index (χ4v) is 2.36. The zero-order valence-corrected chi connectivity index (χ0v) is 13.8. The van der Waals surface area contributed by atoms with E-state index in [4.69, 9.17) is 16.3 Å². The van der Waals surface area contributed by atoms with Gasteiger partial charge in [0.15, 0.2) is 0 Å². The highest BCUT2D eigenvalue weighted by Gasteiger charge is 2.10. The van der Waals surface area contributed by atoms with Crippen molar-refractivity contribution >= 4 is 17.3 Å². The average Bonchev–Trinajstić information content (AvgIpc) is 2.43. The first-order valence-corrected chi connectivity index (χ1v) is 7.65. The van der Waals surface area contributed by atoms with E-state index in [9.17, 15) is 0 Å². The maximum Gasteiger partial charge on any atom is 0.0587 e. The lowest BCUT2D eigenvalue weighted by molar-refractivity contribution is 0.199. The number of rotatable bonds is 9. The molecule has 0 saturated heterocycles. The lowest BCUT2D eigenvalue weighted by atomic mass is 10.1. The van der Waals surface area contributed by atoms with Gasteiger partial charge in [0, 0.05) is 44.5 Å². The molecule has 20 heavy (non-hydrogen) atoms. The monoisotopic (exact) mass is 298 g/mol. The lowest BCUT2D eigenvalue weighted by Crippen LogP contribution is -2.26. The minimum absolute atomic E-state index is 0.685. The summed E-state index contributed by atoms with van der Waals surface area (Å²) in [5.41, 5.74) is 2.49. The van der Waals surface area contributed by atoms with Crippen LogP contribution >= 0.6 is 11.6 Å². The molecule has 0 aliphatic heterocycles. The number of anilines is 1. The summed E-state index contributed by atoms with van der Waals surface area (Å²) in [4.78, 5) is 2.32. The van der Waals surface area contributed by atoms with E-state index in [-0.39, 0.29) is 0 Å². The van der Waals surface area contributed by atoms with Gasteiger partial charge in [-0.3, -0.25) is 0 Å². The van der Waals surface area contributed by atoms with Crippen LogP contribution in [0.25, 0.3) is 0 Å². The molecule has 0 aromatic heterocycles. The van der Waals surface area contributed by atoms with Gasteiger partial charge < -0.3 is 15.0 Å². The van der Waals surface area contributed by atoms with Gasteiger partial charge in [0.1, 0.15) is 0 Å². The Hall–Kier alpha value is -0.770.